The van der Waals surface area contributed by atoms with Crippen molar-refractivity contribution < 1.29 is 4.74 Å². The zero-order chi connectivity index (χ0) is 18.3. The maximum atomic E-state index is 5.69. The first kappa shape index (κ1) is 17.3. The summed E-state index contributed by atoms with van der Waals surface area (Å²) >= 11 is 0. The molecule has 1 aliphatic carbocycles. The van der Waals surface area contributed by atoms with Crippen molar-refractivity contribution in [3.8, 4) is 5.75 Å². The van der Waals surface area contributed by atoms with Crippen LogP contribution in [0.1, 0.15) is 43.1 Å². The zero-order valence-corrected chi connectivity index (χ0v) is 16.3. The van der Waals surface area contributed by atoms with Crippen molar-refractivity contribution in [3.63, 3.8) is 0 Å². The average molecular weight is 367 g/mol. The summed E-state index contributed by atoms with van der Waals surface area (Å²) in [5, 5.41) is 3.53. The summed E-state index contributed by atoms with van der Waals surface area (Å²) in [7, 11) is 0. The Hall–Kier alpha value is -1.85. The second kappa shape index (κ2) is 6.95. The number of imidazole rings is 1. The SMILES string of the molecule is CCn1ccnc1CN(Cc1ccc2c(c1)CCO2)C1CC12CCNCC2. The molecule has 3 aliphatic rings. The first-order valence-corrected chi connectivity index (χ1v) is 10.5. The van der Waals surface area contributed by atoms with E-state index < -0.39 is 0 Å². The van der Waals surface area contributed by atoms with Crippen LogP contribution >= 0.6 is 0 Å². The molecule has 1 atom stereocenters. The highest BCUT2D eigenvalue weighted by Gasteiger charge is 2.56. The molecule has 1 aromatic carbocycles. The number of aromatic nitrogens is 2. The Morgan fingerprint density at radius 1 is 1.30 bits per heavy atom. The smallest absolute Gasteiger partial charge is 0.122 e. The molecule has 2 aromatic rings. The minimum Gasteiger partial charge on any atom is -0.493 e. The largest absolute Gasteiger partial charge is 0.493 e. The molecule has 1 spiro atoms. The molecule has 1 N–H and O–H groups in total. The van der Waals surface area contributed by atoms with Gasteiger partial charge in [-0.3, -0.25) is 4.90 Å². The molecular formula is C22H30N4O. The van der Waals surface area contributed by atoms with E-state index in [1.807, 2.05) is 6.20 Å². The van der Waals surface area contributed by atoms with Gasteiger partial charge < -0.3 is 14.6 Å². The van der Waals surface area contributed by atoms with Crippen LogP contribution < -0.4 is 10.1 Å². The standard InChI is InChI=1S/C22H30N4O/c1-2-25-11-10-24-21(25)16-26(20-14-22(20)6-8-23-9-7-22)15-17-3-4-19-18(13-17)5-12-27-19/h3-4,10-11,13,20,23H,2,5-9,12,14-16H2,1H3. The number of ether oxygens (including phenoxy) is 1. The highest BCUT2D eigenvalue weighted by Crippen LogP contribution is 2.56. The van der Waals surface area contributed by atoms with Crippen LogP contribution in [0.25, 0.3) is 0 Å². The first-order chi connectivity index (χ1) is 13.3. The Morgan fingerprint density at radius 3 is 3.04 bits per heavy atom. The third-order valence-corrected chi connectivity index (χ3v) is 6.81. The van der Waals surface area contributed by atoms with Gasteiger partial charge in [-0.25, -0.2) is 4.98 Å². The Morgan fingerprint density at radius 2 is 2.19 bits per heavy atom. The Bertz CT molecular complexity index is 808. The molecule has 0 amide bonds. The fourth-order valence-corrected chi connectivity index (χ4v) is 5.11. The summed E-state index contributed by atoms with van der Waals surface area (Å²) in [5.41, 5.74) is 3.31. The molecule has 2 fully saturated rings. The number of aryl methyl sites for hydroxylation is 1. The van der Waals surface area contributed by atoms with Crippen molar-refractivity contribution in [1.29, 1.82) is 0 Å². The molecule has 1 unspecified atom stereocenters. The lowest BCUT2D eigenvalue weighted by Gasteiger charge is -2.29. The van der Waals surface area contributed by atoms with E-state index in [4.69, 9.17) is 4.74 Å². The number of rotatable bonds is 6. The number of hydrogen-bond acceptors (Lipinski definition) is 4. The lowest BCUT2D eigenvalue weighted by Crippen LogP contribution is -2.36. The Kier molecular flexibility index (Phi) is 4.44. The summed E-state index contributed by atoms with van der Waals surface area (Å²) in [5.74, 6) is 2.27. The summed E-state index contributed by atoms with van der Waals surface area (Å²) in [6.45, 7) is 8.29. The van der Waals surface area contributed by atoms with E-state index in [1.165, 1.54) is 49.3 Å². The second-order valence-corrected chi connectivity index (χ2v) is 8.41. The molecule has 5 rings (SSSR count). The van der Waals surface area contributed by atoms with Crippen LogP contribution in [0.15, 0.2) is 30.6 Å². The molecule has 5 heteroatoms. The van der Waals surface area contributed by atoms with E-state index in [-0.39, 0.29) is 0 Å². The second-order valence-electron chi connectivity index (χ2n) is 8.41. The molecule has 1 saturated carbocycles. The van der Waals surface area contributed by atoms with E-state index in [2.05, 4.69) is 51.1 Å². The van der Waals surface area contributed by atoms with Gasteiger partial charge in [0.2, 0.25) is 0 Å². The topological polar surface area (TPSA) is 42.3 Å². The van der Waals surface area contributed by atoms with Gasteiger partial charge in [-0.1, -0.05) is 12.1 Å². The van der Waals surface area contributed by atoms with E-state index in [0.29, 0.717) is 11.5 Å². The third kappa shape index (κ3) is 3.27. The lowest BCUT2D eigenvalue weighted by atomic mass is 9.93. The number of nitrogens with one attached hydrogen (secondary N) is 1. The highest BCUT2D eigenvalue weighted by molar-refractivity contribution is 5.39. The van der Waals surface area contributed by atoms with Gasteiger partial charge in [-0.15, -0.1) is 0 Å². The zero-order valence-electron chi connectivity index (χ0n) is 16.3. The van der Waals surface area contributed by atoms with E-state index in [0.717, 1.165) is 38.4 Å². The summed E-state index contributed by atoms with van der Waals surface area (Å²) in [4.78, 5) is 7.35. The van der Waals surface area contributed by atoms with Crippen LogP contribution in [-0.2, 0) is 26.1 Å². The van der Waals surface area contributed by atoms with Gasteiger partial charge in [-0.05, 0) is 61.9 Å². The van der Waals surface area contributed by atoms with E-state index >= 15 is 0 Å². The Balaban J connectivity index is 1.38. The van der Waals surface area contributed by atoms with Gasteiger partial charge in [0.05, 0.1) is 13.2 Å². The van der Waals surface area contributed by atoms with Crippen molar-refractivity contribution in [2.45, 2.75) is 58.3 Å². The fourth-order valence-electron chi connectivity index (χ4n) is 5.11. The normalized spacial score (nSPS) is 22.8. The van der Waals surface area contributed by atoms with Crippen molar-refractivity contribution in [3.05, 3.63) is 47.5 Å². The summed E-state index contributed by atoms with van der Waals surface area (Å²) in [6, 6.07) is 7.46. The van der Waals surface area contributed by atoms with E-state index in [9.17, 15) is 0 Å². The van der Waals surface area contributed by atoms with Gasteiger partial charge in [0.1, 0.15) is 11.6 Å². The molecule has 0 radical (unpaired) electrons. The molecule has 2 aliphatic heterocycles. The van der Waals surface area contributed by atoms with Crippen LogP contribution in [0.2, 0.25) is 0 Å². The maximum Gasteiger partial charge on any atom is 0.122 e. The van der Waals surface area contributed by atoms with Gasteiger partial charge in [0.25, 0.3) is 0 Å². The van der Waals surface area contributed by atoms with Crippen molar-refractivity contribution >= 4 is 0 Å². The number of nitrogens with zero attached hydrogens (tertiary/aromatic N) is 3. The van der Waals surface area contributed by atoms with E-state index in [1.54, 1.807) is 0 Å². The molecule has 3 heterocycles. The number of hydrogen-bond donors (Lipinski definition) is 1. The van der Waals surface area contributed by atoms with Crippen LogP contribution in [0.4, 0.5) is 0 Å². The summed E-state index contributed by atoms with van der Waals surface area (Å²) < 4.78 is 7.97. The molecule has 1 saturated heterocycles. The van der Waals surface area contributed by atoms with Crippen molar-refractivity contribution in [2.75, 3.05) is 19.7 Å². The number of fused-ring (bicyclic) bond motifs is 1. The van der Waals surface area contributed by atoms with Crippen LogP contribution in [0.3, 0.4) is 0 Å². The van der Waals surface area contributed by atoms with Crippen molar-refractivity contribution in [2.24, 2.45) is 5.41 Å². The monoisotopic (exact) mass is 366 g/mol. The maximum absolute atomic E-state index is 5.69. The summed E-state index contributed by atoms with van der Waals surface area (Å²) in [6.07, 6.45) is 9.06. The van der Waals surface area contributed by atoms with Crippen LogP contribution in [0, 0.1) is 5.41 Å². The minimum atomic E-state index is 0.536. The molecular weight excluding hydrogens is 336 g/mol. The predicted molar refractivity (Wildman–Crippen MR) is 106 cm³/mol. The number of benzene rings is 1. The quantitative estimate of drug-likeness (QED) is 0.853. The van der Waals surface area contributed by atoms with Gasteiger partial charge in [-0.2, -0.15) is 0 Å². The average Bonchev–Trinajstić information content (AvgIpc) is 3.04. The molecule has 144 valence electrons. The van der Waals surface area contributed by atoms with Gasteiger partial charge in [0, 0.05) is 37.9 Å². The minimum absolute atomic E-state index is 0.536. The lowest BCUT2D eigenvalue weighted by molar-refractivity contribution is 0.182. The third-order valence-electron chi connectivity index (χ3n) is 6.81. The molecule has 1 aromatic heterocycles. The fraction of sp³-hybridized carbons (Fsp3) is 0.591. The van der Waals surface area contributed by atoms with Crippen molar-refractivity contribution in [1.82, 2.24) is 19.8 Å². The predicted octanol–water partition coefficient (Wildman–Crippen LogP) is 2.98. The van der Waals surface area contributed by atoms with Gasteiger partial charge in [0.15, 0.2) is 0 Å². The molecule has 5 nitrogen and oxygen atoms in total. The first-order valence-electron chi connectivity index (χ1n) is 10.5. The molecule has 0 bridgehead atoms. The van der Waals surface area contributed by atoms with Crippen LogP contribution in [-0.4, -0.2) is 40.2 Å². The molecule has 27 heavy (non-hydrogen) atoms. The highest BCUT2D eigenvalue weighted by atomic mass is 16.5. The number of piperidine rings is 1. The van der Waals surface area contributed by atoms with Gasteiger partial charge >= 0.3 is 0 Å². The Labute approximate surface area is 161 Å². The van der Waals surface area contributed by atoms with Crippen LogP contribution in [0.5, 0.6) is 5.75 Å².